The molecule has 0 spiro atoms. The number of aryl methyl sites for hydroxylation is 1. The molecule has 0 amide bonds. The first-order valence-corrected chi connectivity index (χ1v) is 5.99. The fourth-order valence-electron chi connectivity index (χ4n) is 1.73. The molecule has 0 radical (unpaired) electrons. The fourth-order valence-corrected chi connectivity index (χ4v) is 1.73. The van der Waals surface area contributed by atoms with E-state index in [1.807, 2.05) is 17.8 Å². The Morgan fingerprint density at radius 2 is 2.00 bits per heavy atom. The second kappa shape index (κ2) is 6.04. The third kappa shape index (κ3) is 3.34. The van der Waals surface area contributed by atoms with Gasteiger partial charge in [0.05, 0.1) is 19.3 Å². The Labute approximate surface area is 111 Å². The Bertz CT molecular complexity index is 546. The van der Waals surface area contributed by atoms with Crippen molar-refractivity contribution in [3.8, 4) is 5.75 Å². The average molecular weight is 260 g/mol. The monoisotopic (exact) mass is 260 g/mol. The highest BCUT2D eigenvalue weighted by molar-refractivity contribution is 5.89. The van der Waals surface area contributed by atoms with E-state index in [1.165, 1.54) is 7.11 Å². The Morgan fingerprint density at radius 3 is 2.58 bits per heavy atom. The second-order valence-corrected chi connectivity index (χ2v) is 4.06. The number of benzene rings is 1. The summed E-state index contributed by atoms with van der Waals surface area (Å²) in [5.41, 5.74) is 1.63. The smallest absolute Gasteiger partial charge is 0.337 e. The minimum Gasteiger partial charge on any atom is -0.493 e. The molecule has 0 aliphatic heterocycles. The van der Waals surface area contributed by atoms with Crippen LogP contribution in [0.25, 0.3) is 0 Å². The van der Waals surface area contributed by atoms with Crippen LogP contribution in [-0.2, 0) is 18.2 Å². The summed E-state index contributed by atoms with van der Waals surface area (Å²) in [6.45, 7) is 0.567. The molecular formula is C14H16N2O3. The van der Waals surface area contributed by atoms with Gasteiger partial charge < -0.3 is 9.47 Å². The Hall–Kier alpha value is -2.30. The number of carbonyl (C=O) groups excluding carboxylic acids is 1. The summed E-state index contributed by atoms with van der Waals surface area (Å²) in [5, 5.41) is 4.09. The first kappa shape index (κ1) is 13.1. The van der Waals surface area contributed by atoms with Crippen molar-refractivity contribution in [2.75, 3.05) is 13.7 Å². The molecule has 0 saturated heterocycles. The van der Waals surface area contributed by atoms with Gasteiger partial charge in [0.1, 0.15) is 5.75 Å². The second-order valence-electron chi connectivity index (χ2n) is 4.06. The highest BCUT2D eigenvalue weighted by Gasteiger charge is 2.05. The zero-order chi connectivity index (χ0) is 13.7. The number of rotatable bonds is 5. The molecule has 2 aromatic rings. The lowest BCUT2D eigenvalue weighted by Crippen LogP contribution is -2.06. The lowest BCUT2D eigenvalue weighted by molar-refractivity contribution is 0.0600. The highest BCUT2D eigenvalue weighted by atomic mass is 16.5. The summed E-state index contributed by atoms with van der Waals surface area (Å²) < 4.78 is 12.1. The molecular weight excluding hydrogens is 244 g/mol. The van der Waals surface area contributed by atoms with Crippen LogP contribution in [0, 0.1) is 0 Å². The maximum atomic E-state index is 11.3. The predicted octanol–water partition coefficient (Wildman–Crippen LogP) is 1.83. The number of hydrogen-bond donors (Lipinski definition) is 0. The molecule has 5 nitrogen and oxygen atoms in total. The van der Waals surface area contributed by atoms with E-state index < -0.39 is 0 Å². The van der Waals surface area contributed by atoms with Gasteiger partial charge in [0.2, 0.25) is 0 Å². The van der Waals surface area contributed by atoms with Crippen molar-refractivity contribution in [3.63, 3.8) is 0 Å². The molecule has 0 aliphatic carbocycles. The molecule has 0 unspecified atom stereocenters. The van der Waals surface area contributed by atoms with Gasteiger partial charge in [-0.15, -0.1) is 0 Å². The van der Waals surface area contributed by atoms with Gasteiger partial charge in [-0.3, -0.25) is 4.68 Å². The van der Waals surface area contributed by atoms with Gasteiger partial charge in [0, 0.05) is 25.4 Å². The van der Waals surface area contributed by atoms with Crippen molar-refractivity contribution >= 4 is 5.97 Å². The maximum Gasteiger partial charge on any atom is 0.337 e. The Kier molecular flexibility index (Phi) is 4.18. The Morgan fingerprint density at radius 1 is 1.26 bits per heavy atom. The van der Waals surface area contributed by atoms with E-state index in [0.29, 0.717) is 12.2 Å². The maximum absolute atomic E-state index is 11.3. The molecule has 0 N–H and O–H groups in total. The summed E-state index contributed by atoms with van der Waals surface area (Å²) in [6.07, 6.45) is 2.55. The normalized spacial score (nSPS) is 10.2. The lowest BCUT2D eigenvalue weighted by Gasteiger charge is -2.07. The molecule has 19 heavy (non-hydrogen) atoms. The van der Waals surface area contributed by atoms with E-state index in [2.05, 4.69) is 9.84 Å². The first-order chi connectivity index (χ1) is 9.20. The van der Waals surface area contributed by atoms with Gasteiger partial charge in [-0.25, -0.2) is 4.79 Å². The number of ether oxygens (including phenoxy) is 2. The van der Waals surface area contributed by atoms with Crippen LogP contribution in [0.15, 0.2) is 36.5 Å². The third-order valence-corrected chi connectivity index (χ3v) is 2.82. The topological polar surface area (TPSA) is 53.4 Å². The third-order valence-electron chi connectivity index (χ3n) is 2.82. The molecule has 0 aliphatic rings. The summed E-state index contributed by atoms with van der Waals surface area (Å²) in [5.74, 6) is 0.385. The molecule has 0 atom stereocenters. The van der Waals surface area contributed by atoms with E-state index in [4.69, 9.17) is 4.74 Å². The summed E-state index contributed by atoms with van der Waals surface area (Å²) in [7, 11) is 3.27. The van der Waals surface area contributed by atoms with Crippen LogP contribution in [-0.4, -0.2) is 29.5 Å². The van der Waals surface area contributed by atoms with Crippen molar-refractivity contribution in [2.45, 2.75) is 6.42 Å². The minimum atomic E-state index is -0.346. The number of methoxy groups -OCH3 is 1. The van der Waals surface area contributed by atoms with Crippen molar-refractivity contribution < 1.29 is 14.3 Å². The molecule has 100 valence electrons. The van der Waals surface area contributed by atoms with Crippen LogP contribution in [0.3, 0.4) is 0 Å². The van der Waals surface area contributed by atoms with Crippen LogP contribution in [0.4, 0.5) is 0 Å². The molecule has 0 fully saturated rings. The van der Waals surface area contributed by atoms with Gasteiger partial charge in [-0.05, 0) is 30.3 Å². The summed E-state index contributed by atoms with van der Waals surface area (Å²) in [4.78, 5) is 11.3. The van der Waals surface area contributed by atoms with Gasteiger partial charge in [-0.1, -0.05) is 0 Å². The number of esters is 1. The van der Waals surface area contributed by atoms with Crippen molar-refractivity contribution in [3.05, 3.63) is 47.8 Å². The van der Waals surface area contributed by atoms with E-state index in [9.17, 15) is 4.79 Å². The van der Waals surface area contributed by atoms with E-state index in [-0.39, 0.29) is 5.97 Å². The van der Waals surface area contributed by atoms with Crippen molar-refractivity contribution in [2.24, 2.45) is 7.05 Å². The molecule has 1 aromatic heterocycles. The number of hydrogen-bond acceptors (Lipinski definition) is 4. The van der Waals surface area contributed by atoms with Gasteiger partial charge >= 0.3 is 5.97 Å². The molecule has 5 heteroatoms. The predicted molar refractivity (Wildman–Crippen MR) is 70.2 cm³/mol. The summed E-state index contributed by atoms with van der Waals surface area (Å²) in [6, 6.07) is 8.85. The quantitative estimate of drug-likeness (QED) is 0.770. The van der Waals surface area contributed by atoms with Crippen molar-refractivity contribution in [1.29, 1.82) is 0 Å². The largest absolute Gasteiger partial charge is 0.493 e. The highest BCUT2D eigenvalue weighted by Crippen LogP contribution is 2.13. The van der Waals surface area contributed by atoms with Crippen LogP contribution in [0.2, 0.25) is 0 Å². The first-order valence-electron chi connectivity index (χ1n) is 5.99. The lowest BCUT2D eigenvalue weighted by atomic mass is 10.2. The number of carbonyl (C=O) groups is 1. The molecule has 0 bridgehead atoms. The van der Waals surface area contributed by atoms with Gasteiger partial charge in [0.25, 0.3) is 0 Å². The van der Waals surface area contributed by atoms with Gasteiger partial charge in [-0.2, -0.15) is 5.10 Å². The fraction of sp³-hybridized carbons (Fsp3) is 0.286. The van der Waals surface area contributed by atoms with Crippen LogP contribution in [0.5, 0.6) is 5.75 Å². The standard InChI is InChI=1S/C14H16N2O3/c1-16-12(7-9-15-16)8-10-19-13-5-3-11(4-6-13)14(17)18-2/h3-7,9H,8,10H2,1-2H3. The molecule has 0 saturated carbocycles. The van der Waals surface area contributed by atoms with Crippen LogP contribution < -0.4 is 4.74 Å². The Balaban J connectivity index is 1.86. The van der Waals surface area contributed by atoms with E-state index in [0.717, 1.165) is 17.9 Å². The summed E-state index contributed by atoms with van der Waals surface area (Å²) >= 11 is 0. The zero-order valence-corrected chi connectivity index (χ0v) is 11.0. The van der Waals surface area contributed by atoms with Crippen LogP contribution >= 0.6 is 0 Å². The molecule has 1 heterocycles. The van der Waals surface area contributed by atoms with Crippen LogP contribution in [0.1, 0.15) is 16.1 Å². The number of nitrogens with zero attached hydrogens (tertiary/aromatic N) is 2. The van der Waals surface area contributed by atoms with Crippen molar-refractivity contribution in [1.82, 2.24) is 9.78 Å². The van der Waals surface area contributed by atoms with E-state index >= 15 is 0 Å². The molecule has 2 rings (SSSR count). The SMILES string of the molecule is COC(=O)c1ccc(OCCc2ccnn2C)cc1. The molecule has 1 aromatic carbocycles. The van der Waals surface area contributed by atoms with E-state index in [1.54, 1.807) is 30.5 Å². The minimum absolute atomic E-state index is 0.346. The zero-order valence-electron chi connectivity index (χ0n) is 11.0. The average Bonchev–Trinajstić information content (AvgIpc) is 2.84. The van der Waals surface area contributed by atoms with Gasteiger partial charge in [0.15, 0.2) is 0 Å². The number of aromatic nitrogens is 2.